The zero-order chi connectivity index (χ0) is 24.4. The van der Waals surface area contributed by atoms with Gasteiger partial charge in [0.25, 0.3) is 11.8 Å². The molecular weight excluding hydrogens is 524 g/mol. The number of carboxylic acids is 1. The third-order valence-electron chi connectivity index (χ3n) is 4.72. The molecule has 4 heterocycles. The number of nitrogen functional groups attached to an aromatic ring is 1. The summed E-state index contributed by atoms with van der Waals surface area (Å²) in [5.41, 5.74) is 5.66. The standard InChI is InChI=1S/C19H15ClN6O5S3/c20-14-10(24-19(21)34-14)11(25-31)15(27)23-12-16(28)26-13(18(29)30)9(7-33-17(12)26)32-5-3-8-2-1-4-22-6-8/h1-6,12,17,31H,7H2,(H2,21,24)(H,23,27)(H,29,30)/b5-3-,25-11-/t12-,17-/m1/s1. The molecule has 0 unspecified atom stereocenters. The van der Waals surface area contributed by atoms with Crippen LogP contribution in [0, 0.1) is 0 Å². The molecular formula is C19H15ClN6O5S3. The van der Waals surface area contributed by atoms with Crippen LogP contribution in [0.1, 0.15) is 11.3 Å². The second kappa shape index (κ2) is 10.0. The third kappa shape index (κ3) is 4.61. The van der Waals surface area contributed by atoms with Gasteiger partial charge in [-0.25, -0.2) is 9.78 Å². The summed E-state index contributed by atoms with van der Waals surface area (Å²) < 4.78 is 0.0474. The lowest BCUT2D eigenvalue weighted by molar-refractivity contribution is -0.150. The van der Waals surface area contributed by atoms with Crippen molar-refractivity contribution >= 4 is 81.2 Å². The first-order valence-corrected chi connectivity index (χ1v) is 12.5. The fraction of sp³-hybridized carbons (Fsp3) is 0.158. The van der Waals surface area contributed by atoms with Crippen molar-refractivity contribution in [3.63, 3.8) is 0 Å². The number of carboxylic acid groups (broad SMARTS) is 1. The molecule has 1 saturated heterocycles. The van der Waals surface area contributed by atoms with Gasteiger partial charge in [-0.1, -0.05) is 45.9 Å². The van der Waals surface area contributed by atoms with Crippen LogP contribution in [0.2, 0.25) is 4.34 Å². The first kappa shape index (κ1) is 24.1. The molecule has 0 aromatic carbocycles. The highest BCUT2D eigenvalue weighted by atomic mass is 35.5. The van der Waals surface area contributed by atoms with Gasteiger partial charge >= 0.3 is 5.97 Å². The molecule has 2 amide bonds. The molecule has 2 aliphatic rings. The van der Waals surface area contributed by atoms with E-state index in [0.29, 0.717) is 10.7 Å². The molecule has 0 saturated carbocycles. The molecule has 176 valence electrons. The van der Waals surface area contributed by atoms with E-state index in [1.165, 1.54) is 23.5 Å². The molecule has 2 atom stereocenters. The fourth-order valence-corrected chi connectivity index (χ4v) is 6.51. The topological polar surface area (TPSA) is 171 Å². The molecule has 0 aliphatic carbocycles. The number of nitrogens with one attached hydrogen (secondary N) is 1. The number of amides is 2. The predicted octanol–water partition coefficient (Wildman–Crippen LogP) is 2.05. The molecule has 15 heteroatoms. The molecule has 2 aliphatic heterocycles. The van der Waals surface area contributed by atoms with Crippen molar-refractivity contribution in [2.24, 2.45) is 5.16 Å². The van der Waals surface area contributed by atoms with Gasteiger partial charge in [0.2, 0.25) is 0 Å². The normalized spacial score (nSPS) is 20.3. The summed E-state index contributed by atoms with van der Waals surface area (Å²) in [6.07, 6.45) is 5.10. The minimum Gasteiger partial charge on any atom is -0.477 e. The summed E-state index contributed by atoms with van der Waals surface area (Å²) in [6.45, 7) is 0. The number of fused-ring (bicyclic) bond motifs is 1. The Kier molecular flexibility index (Phi) is 7.11. The van der Waals surface area contributed by atoms with Crippen molar-refractivity contribution in [1.29, 1.82) is 0 Å². The lowest BCUT2D eigenvalue weighted by Crippen LogP contribution is -2.71. The molecule has 0 radical (unpaired) electrons. The zero-order valence-corrected chi connectivity index (χ0v) is 20.1. The number of pyridine rings is 1. The quantitative estimate of drug-likeness (QED) is 0.177. The third-order valence-corrected chi connectivity index (χ3v) is 8.16. The Labute approximate surface area is 209 Å². The van der Waals surface area contributed by atoms with Gasteiger partial charge in [-0.05, 0) is 23.1 Å². The number of nitrogens with zero attached hydrogens (tertiary/aromatic N) is 4. The van der Waals surface area contributed by atoms with E-state index in [9.17, 15) is 24.7 Å². The maximum absolute atomic E-state index is 12.8. The number of halogens is 1. The van der Waals surface area contributed by atoms with Crippen molar-refractivity contribution in [1.82, 2.24) is 20.2 Å². The number of anilines is 1. The Balaban J connectivity index is 1.49. The van der Waals surface area contributed by atoms with E-state index in [0.717, 1.165) is 21.8 Å². The van der Waals surface area contributed by atoms with E-state index in [1.807, 2.05) is 6.07 Å². The van der Waals surface area contributed by atoms with Crippen LogP contribution in [0.4, 0.5) is 5.13 Å². The number of nitrogens with two attached hydrogens (primary N) is 1. The van der Waals surface area contributed by atoms with E-state index >= 15 is 0 Å². The Morgan fingerprint density at radius 2 is 2.24 bits per heavy atom. The number of oxime groups is 1. The van der Waals surface area contributed by atoms with E-state index in [1.54, 1.807) is 29.9 Å². The van der Waals surface area contributed by atoms with E-state index in [4.69, 9.17) is 17.3 Å². The summed E-state index contributed by atoms with van der Waals surface area (Å²) in [7, 11) is 0. The summed E-state index contributed by atoms with van der Waals surface area (Å²) in [5.74, 6) is -2.42. The van der Waals surface area contributed by atoms with Crippen LogP contribution in [0.3, 0.4) is 0 Å². The number of thioether (sulfide) groups is 2. The molecule has 0 bridgehead atoms. The largest absolute Gasteiger partial charge is 0.477 e. The van der Waals surface area contributed by atoms with Crippen molar-refractivity contribution in [2.45, 2.75) is 11.4 Å². The van der Waals surface area contributed by atoms with Crippen molar-refractivity contribution < 1.29 is 24.7 Å². The summed E-state index contributed by atoms with van der Waals surface area (Å²) >= 11 is 9.38. The second-order valence-electron chi connectivity index (χ2n) is 6.77. The predicted molar refractivity (Wildman–Crippen MR) is 130 cm³/mol. The second-order valence-corrected chi connectivity index (χ2v) is 10.5. The van der Waals surface area contributed by atoms with Crippen LogP contribution >= 0.6 is 46.5 Å². The Morgan fingerprint density at radius 3 is 2.85 bits per heavy atom. The van der Waals surface area contributed by atoms with Crippen LogP contribution in [-0.2, 0) is 14.4 Å². The molecule has 2 aromatic rings. The van der Waals surface area contributed by atoms with Crippen LogP contribution in [0.5, 0.6) is 0 Å². The number of β-lactam (4-membered cyclic amide) rings is 1. The van der Waals surface area contributed by atoms with Gasteiger partial charge in [0.1, 0.15) is 27.1 Å². The lowest BCUT2D eigenvalue weighted by Gasteiger charge is -2.49. The summed E-state index contributed by atoms with van der Waals surface area (Å²) in [5, 5.41) is 25.6. The van der Waals surface area contributed by atoms with Crippen molar-refractivity contribution in [2.75, 3.05) is 11.5 Å². The molecule has 34 heavy (non-hydrogen) atoms. The fourth-order valence-electron chi connectivity index (χ4n) is 3.22. The minimum absolute atomic E-state index is 0.0474. The highest BCUT2D eigenvalue weighted by molar-refractivity contribution is 8.08. The average molecular weight is 539 g/mol. The maximum Gasteiger partial charge on any atom is 0.353 e. The van der Waals surface area contributed by atoms with Gasteiger partial charge < -0.3 is 21.4 Å². The molecule has 0 spiro atoms. The SMILES string of the molecule is Nc1nc(/C(=N/O)C(=O)N[C@@H]2C(=O)N3C(C(=O)O)=C(S/C=C\c4cccnc4)CS[C@H]23)c(Cl)s1. The van der Waals surface area contributed by atoms with E-state index in [-0.39, 0.29) is 20.9 Å². The Morgan fingerprint density at radius 1 is 1.44 bits per heavy atom. The Hall–Kier alpha value is -3.07. The highest BCUT2D eigenvalue weighted by Gasteiger charge is 2.54. The van der Waals surface area contributed by atoms with Gasteiger partial charge in [0, 0.05) is 23.1 Å². The number of hydrogen-bond acceptors (Lipinski definition) is 11. The van der Waals surface area contributed by atoms with Gasteiger partial charge in [0.15, 0.2) is 10.8 Å². The first-order chi connectivity index (χ1) is 16.3. The number of rotatable bonds is 7. The van der Waals surface area contributed by atoms with Gasteiger partial charge in [-0.15, -0.1) is 11.8 Å². The zero-order valence-electron chi connectivity index (χ0n) is 16.9. The number of aliphatic carboxylic acids is 1. The number of hydrogen-bond donors (Lipinski definition) is 4. The highest BCUT2D eigenvalue weighted by Crippen LogP contribution is 2.43. The molecule has 5 N–H and O–H groups in total. The van der Waals surface area contributed by atoms with Gasteiger partial charge in [0.05, 0.1) is 0 Å². The van der Waals surface area contributed by atoms with Crippen molar-refractivity contribution in [3.8, 4) is 0 Å². The van der Waals surface area contributed by atoms with E-state index in [2.05, 4.69) is 20.4 Å². The average Bonchev–Trinajstić information content (AvgIpc) is 3.15. The Bertz CT molecular complexity index is 1250. The van der Waals surface area contributed by atoms with Crippen LogP contribution in [-0.4, -0.2) is 65.8 Å². The van der Waals surface area contributed by atoms with Gasteiger partial charge in [-0.3, -0.25) is 19.5 Å². The maximum atomic E-state index is 12.8. The number of aromatic nitrogens is 2. The molecule has 4 rings (SSSR count). The number of thiazole rings is 1. The van der Waals surface area contributed by atoms with Crippen LogP contribution in [0.15, 0.2) is 45.7 Å². The molecule has 1 fully saturated rings. The summed E-state index contributed by atoms with van der Waals surface area (Å²) in [4.78, 5) is 46.9. The summed E-state index contributed by atoms with van der Waals surface area (Å²) in [6, 6.07) is 2.62. The van der Waals surface area contributed by atoms with E-state index < -0.39 is 34.9 Å². The van der Waals surface area contributed by atoms with Gasteiger partial charge in [-0.2, -0.15) is 0 Å². The lowest BCUT2D eigenvalue weighted by atomic mass is 10.0. The van der Waals surface area contributed by atoms with Crippen LogP contribution in [0.25, 0.3) is 6.08 Å². The monoisotopic (exact) mass is 538 g/mol. The minimum atomic E-state index is -1.25. The molecule has 11 nitrogen and oxygen atoms in total. The number of carbonyl (C=O) groups excluding carboxylic acids is 2. The molecule has 2 aromatic heterocycles. The number of carbonyl (C=O) groups is 3. The van der Waals surface area contributed by atoms with Crippen molar-refractivity contribution in [3.05, 3.63) is 56.1 Å². The first-order valence-electron chi connectivity index (χ1n) is 9.41. The smallest absolute Gasteiger partial charge is 0.353 e. The van der Waals surface area contributed by atoms with Crippen LogP contribution < -0.4 is 11.1 Å².